The maximum atomic E-state index is 13.0. The number of ether oxygens (including phenoxy) is 1. The van der Waals surface area contributed by atoms with E-state index >= 15 is 0 Å². The van der Waals surface area contributed by atoms with Gasteiger partial charge in [-0.05, 0) is 38.7 Å². The molecule has 26 heavy (non-hydrogen) atoms. The molecule has 1 spiro atoms. The second-order valence-electron chi connectivity index (χ2n) is 8.16. The number of carbonyl (C=O) groups is 2. The standard InChI is InChI=1S/C19H24N4O3/c1-10(2)23-9-19-7-6-14(26-19)15(16(19)18(23)25)17(24)20-8-13-11-4-3-5-12(11)21-22-13/h6-7,10,14-16H,3-5,8-9H2,1-2H3,(H,20,24)(H,21,22)/t14-,15-,16+,19-/m0/s1. The lowest BCUT2D eigenvalue weighted by Crippen LogP contribution is -2.44. The van der Waals surface area contributed by atoms with Gasteiger partial charge in [-0.15, -0.1) is 0 Å². The lowest BCUT2D eigenvalue weighted by Gasteiger charge is -2.24. The van der Waals surface area contributed by atoms with E-state index in [2.05, 4.69) is 15.5 Å². The fourth-order valence-corrected chi connectivity index (χ4v) is 5.09. The number of fused-ring (bicyclic) bond motifs is 2. The second-order valence-corrected chi connectivity index (χ2v) is 8.16. The first kappa shape index (κ1) is 16.1. The van der Waals surface area contributed by atoms with Crippen LogP contribution >= 0.6 is 0 Å². The number of amides is 2. The molecule has 0 unspecified atom stereocenters. The molecule has 1 aromatic rings. The Bertz CT molecular complexity index is 814. The summed E-state index contributed by atoms with van der Waals surface area (Å²) in [7, 11) is 0. The van der Waals surface area contributed by atoms with Crippen molar-refractivity contribution in [3.8, 4) is 0 Å². The van der Waals surface area contributed by atoms with E-state index < -0.39 is 17.4 Å². The summed E-state index contributed by atoms with van der Waals surface area (Å²) in [5.41, 5.74) is 2.73. The van der Waals surface area contributed by atoms with Crippen molar-refractivity contribution in [2.75, 3.05) is 6.54 Å². The number of nitrogens with zero attached hydrogens (tertiary/aromatic N) is 2. The maximum absolute atomic E-state index is 13.0. The molecule has 4 atom stereocenters. The quantitative estimate of drug-likeness (QED) is 0.778. The van der Waals surface area contributed by atoms with E-state index in [0.717, 1.165) is 25.0 Å². The number of nitrogens with one attached hydrogen (secondary N) is 2. The van der Waals surface area contributed by atoms with Crippen molar-refractivity contribution in [3.05, 3.63) is 29.1 Å². The van der Waals surface area contributed by atoms with Crippen LogP contribution in [0.15, 0.2) is 12.2 Å². The van der Waals surface area contributed by atoms with Gasteiger partial charge in [-0.1, -0.05) is 12.2 Å². The molecule has 7 heteroatoms. The zero-order chi connectivity index (χ0) is 18.1. The van der Waals surface area contributed by atoms with Crippen LogP contribution < -0.4 is 5.32 Å². The molecule has 2 saturated heterocycles. The molecule has 2 amide bonds. The van der Waals surface area contributed by atoms with Crippen molar-refractivity contribution in [3.63, 3.8) is 0 Å². The van der Waals surface area contributed by atoms with Gasteiger partial charge in [0.1, 0.15) is 5.60 Å². The van der Waals surface area contributed by atoms with Crippen molar-refractivity contribution < 1.29 is 14.3 Å². The summed E-state index contributed by atoms with van der Waals surface area (Å²) in [6.07, 6.45) is 6.82. The predicted octanol–water partition coefficient (Wildman–Crippen LogP) is 0.705. The summed E-state index contributed by atoms with van der Waals surface area (Å²) in [4.78, 5) is 27.7. The van der Waals surface area contributed by atoms with E-state index in [-0.39, 0.29) is 24.0 Å². The summed E-state index contributed by atoms with van der Waals surface area (Å²) in [5.74, 6) is -0.944. The summed E-state index contributed by atoms with van der Waals surface area (Å²) in [6.45, 7) is 4.94. The highest BCUT2D eigenvalue weighted by Crippen LogP contribution is 2.52. The Kier molecular flexibility index (Phi) is 3.35. The minimum atomic E-state index is -0.623. The summed E-state index contributed by atoms with van der Waals surface area (Å²) < 4.78 is 6.12. The minimum absolute atomic E-state index is 0.0349. The molecular formula is C19H24N4O3. The first-order valence-corrected chi connectivity index (χ1v) is 9.50. The molecule has 2 bridgehead atoms. The number of rotatable bonds is 4. The molecule has 4 heterocycles. The topological polar surface area (TPSA) is 87.3 Å². The van der Waals surface area contributed by atoms with Gasteiger partial charge < -0.3 is 15.0 Å². The van der Waals surface area contributed by atoms with Crippen LogP contribution in [0.3, 0.4) is 0 Å². The zero-order valence-corrected chi connectivity index (χ0v) is 15.1. The number of aryl methyl sites for hydroxylation is 1. The second kappa shape index (κ2) is 5.42. The average molecular weight is 356 g/mol. The highest BCUT2D eigenvalue weighted by molar-refractivity contribution is 5.93. The SMILES string of the molecule is CC(C)N1C[C@]23C=C[C@H](O2)[C@H](C(=O)NCc2n[nH]c4c2CCC4)[C@@H]3C1=O. The molecule has 1 aromatic heterocycles. The van der Waals surface area contributed by atoms with Crippen molar-refractivity contribution >= 4 is 11.8 Å². The molecule has 3 aliphatic heterocycles. The Morgan fingerprint density at radius 3 is 3.15 bits per heavy atom. The van der Waals surface area contributed by atoms with Crippen LogP contribution in [0, 0.1) is 11.8 Å². The van der Waals surface area contributed by atoms with Gasteiger partial charge in [-0.25, -0.2) is 0 Å². The average Bonchev–Trinajstić information content (AvgIpc) is 3.37. The summed E-state index contributed by atoms with van der Waals surface area (Å²) in [6, 6.07) is 0.105. The van der Waals surface area contributed by atoms with Crippen LogP contribution in [0.4, 0.5) is 0 Å². The number of hydrogen-bond donors (Lipinski definition) is 2. The minimum Gasteiger partial charge on any atom is -0.360 e. The monoisotopic (exact) mass is 356 g/mol. The van der Waals surface area contributed by atoms with Crippen molar-refractivity contribution in [1.29, 1.82) is 0 Å². The third kappa shape index (κ3) is 2.06. The molecule has 7 nitrogen and oxygen atoms in total. The molecule has 138 valence electrons. The van der Waals surface area contributed by atoms with Crippen LogP contribution in [-0.2, 0) is 33.7 Å². The van der Waals surface area contributed by atoms with E-state index in [9.17, 15) is 9.59 Å². The Morgan fingerprint density at radius 2 is 2.35 bits per heavy atom. The number of hydrogen-bond acceptors (Lipinski definition) is 4. The molecule has 5 rings (SSSR count). The summed E-state index contributed by atoms with van der Waals surface area (Å²) >= 11 is 0. The molecule has 0 saturated carbocycles. The van der Waals surface area contributed by atoms with Crippen molar-refractivity contribution in [2.45, 2.75) is 57.4 Å². The first-order chi connectivity index (χ1) is 12.5. The highest BCUT2D eigenvalue weighted by atomic mass is 16.5. The molecule has 2 fully saturated rings. The summed E-state index contributed by atoms with van der Waals surface area (Å²) in [5, 5.41) is 10.4. The number of carbonyl (C=O) groups excluding carboxylic acids is 2. The van der Waals surface area contributed by atoms with Crippen LogP contribution in [0.25, 0.3) is 0 Å². The lowest BCUT2D eigenvalue weighted by molar-refractivity contribution is -0.138. The largest absolute Gasteiger partial charge is 0.360 e. The number of H-pyrrole nitrogens is 1. The predicted molar refractivity (Wildman–Crippen MR) is 93.0 cm³/mol. The third-order valence-corrected chi connectivity index (χ3v) is 6.38. The molecule has 0 radical (unpaired) electrons. The highest BCUT2D eigenvalue weighted by Gasteiger charge is 2.67. The van der Waals surface area contributed by atoms with Gasteiger partial charge in [0.2, 0.25) is 11.8 Å². The van der Waals surface area contributed by atoms with Gasteiger partial charge >= 0.3 is 0 Å². The number of aromatic amines is 1. The van der Waals surface area contributed by atoms with Crippen LogP contribution in [0.1, 0.15) is 37.2 Å². The van der Waals surface area contributed by atoms with Crippen molar-refractivity contribution in [1.82, 2.24) is 20.4 Å². The van der Waals surface area contributed by atoms with Gasteiger partial charge in [0.15, 0.2) is 0 Å². The van der Waals surface area contributed by atoms with Gasteiger partial charge in [-0.3, -0.25) is 14.7 Å². The third-order valence-electron chi connectivity index (χ3n) is 6.38. The smallest absolute Gasteiger partial charge is 0.230 e. The van der Waals surface area contributed by atoms with E-state index in [1.54, 1.807) is 0 Å². The first-order valence-electron chi connectivity index (χ1n) is 9.50. The fraction of sp³-hybridized carbons (Fsp3) is 0.632. The van der Waals surface area contributed by atoms with Crippen LogP contribution in [0.5, 0.6) is 0 Å². The maximum Gasteiger partial charge on any atom is 0.230 e. The van der Waals surface area contributed by atoms with E-state index in [1.165, 1.54) is 11.3 Å². The van der Waals surface area contributed by atoms with Crippen LogP contribution in [0.2, 0.25) is 0 Å². The van der Waals surface area contributed by atoms with Gasteiger partial charge in [0.05, 0.1) is 36.7 Å². The molecule has 1 aliphatic carbocycles. The fourth-order valence-electron chi connectivity index (χ4n) is 5.09. The lowest BCUT2D eigenvalue weighted by atomic mass is 9.77. The Morgan fingerprint density at radius 1 is 1.50 bits per heavy atom. The van der Waals surface area contributed by atoms with Gasteiger partial charge in [0.25, 0.3) is 0 Å². The van der Waals surface area contributed by atoms with Gasteiger partial charge in [-0.2, -0.15) is 5.10 Å². The molecule has 0 aromatic carbocycles. The zero-order valence-electron chi connectivity index (χ0n) is 15.1. The molecule has 4 aliphatic rings. The Hall–Kier alpha value is -2.15. The molecule has 2 N–H and O–H groups in total. The van der Waals surface area contributed by atoms with E-state index in [0.29, 0.717) is 13.1 Å². The number of likely N-dealkylation sites (tertiary alicyclic amines) is 1. The molecular weight excluding hydrogens is 332 g/mol. The van der Waals surface area contributed by atoms with Gasteiger partial charge in [0, 0.05) is 11.7 Å². The Labute approximate surface area is 152 Å². The number of aromatic nitrogens is 2. The van der Waals surface area contributed by atoms with E-state index in [4.69, 9.17) is 4.74 Å². The Balaban J connectivity index is 1.34. The van der Waals surface area contributed by atoms with Crippen LogP contribution in [-0.4, -0.2) is 51.2 Å². The van der Waals surface area contributed by atoms with E-state index in [1.807, 2.05) is 30.9 Å². The normalized spacial score (nSPS) is 34.0. The van der Waals surface area contributed by atoms with Crippen molar-refractivity contribution in [2.24, 2.45) is 11.8 Å².